The molecule has 0 radical (unpaired) electrons. The molecule has 12 heavy (non-hydrogen) atoms. The van der Waals surface area contributed by atoms with Gasteiger partial charge in [0.25, 0.3) is 0 Å². The van der Waals surface area contributed by atoms with E-state index in [0.717, 1.165) is 18.7 Å². The fourth-order valence-corrected chi connectivity index (χ4v) is 1.29. The maximum absolute atomic E-state index is 5.84. The molecule has 0 fully saturated rings. The molecule has 0 saturated carbocycles. The highest BCUT2D eigenvalue weighted by atomic mass is 35.5. The fraction of sp³-hybridized carbons (Fsp3) is 1.00. The van der Waals surface area contributed by atoms with Gasteiger partial charge in [-0.3, -0.25) is 0 Å². The van der Waals surface area contributed by atoms with E-state index >= 15 is 0 Å². The van der Waals surface area contributed by atoms with Gasteiger partial charge in [-0.1, -0.05) is 26.2 Å². The number of hydrogen-bond donors (Lipinski definition) is 1. The molecular formula is C9H21Cl2N. The summed E-state index contributed by atoms with van der Waals surface area (Å²) in [7, 11) is 0. The third-order valence-electron chi connectivity index (χ3n) is 1.89. The van der Waals surface area contributed by atoms with Gasteiger partial charge in [-0.15, -0.1) is 24.0 Å². The van der Waals surface area contributed by atoms with Crippen molar-refractivity contribution in [3.63, 3.8) is 0 Å². The van der Waals surface area contributed by atoms with E-state index in [1.165, 1.54) is 25.7 Å². The van der Waals surface area contributed by atoms with Crippen LogP contribution in [-0.4, -0.2) is 11.9 Å². The first-order valence-corrected chi connectivity index (χ1v) is 5.16. The maximum atomic E-state index is 5.84. The van der Waals surface area contributed by atoms with Crippen LogP contribution in [0.1, 0.15) is 45.4 Å². The van der Waals surface area contributed by atoms with Crippen LogP contribution in [0.3, 0.4) is 0 Å². The predicted molar refractivity (Wildman–Crippen MR) is 59.3 cm³/mol. The molecule has 0 rings (SSSR count). The minimum atomic E-state index is 0. The molecule has 1 unspecified atom stereocenters. The smallest absolute Gasteiger partial charge is 0.0224 e. The van der Waals surface area contributed by atoms with E-state index in [2.05, 4.69) is 6.92 Å². The zero-order valence-electron chi connectivity index (χ0n) is 7.89. The highest BCUT2D eigenvalue weighted by Gasteiger charge is 2.00. The van der Waals surface area contributed by atoms with Crippen molar-refractivity contribution < 1.29 is 0 Å². The summed E-state index contributed by atoms with van der Waals surface area (Å²) in [4.78, 5) is 0. The predicted octanol–water partition coefficient (Wildman–Crippen LogP) is 3.33. The Balaban J connectivity index is 0. The lowest BCUT2D eigenvalue weighted by atomic mass is 10.1. The van der Waals surface area contributed by atoms with Crippen molar-refractivity contribution in [2.75, 3.05) is 5.88 Å². The summed E-state index contributed by atoms with van der Waals surface area (Å²) in [6.07, 6.45) is 7.20. The lowest BCUT2D eigenvalue weighted by molar-refractivity contribution is 0.525. The molecule has 0 saturated heterocycles. The van der Waals surface area contributed by atoms with E-state index in [-0.39, 0.29) is 12.4 Å². The van der Waals surface area contributed by atoms with Gasteiger partial charge < -0.3 is 5.73 Å². The van der Waals surface area contributed by atoms with Crippen molar-refractivity contribution in [1.29, 1.82) is 0 Å². The van der Waals surface area contributed by atoms with Gasteiger partial charge in [0.05, 0.1) is 0 Å². The molecule has 0 aromatic rings. The normalized spacial score (nSPS) is 12.2. The van der Waals surface area contributed by atoms with Crippen molar-refractivity contribution in [2.45, 2.75) is 51.5 Å². The van der Waals surface area contributed by atoms with Crippen LogP contribution in [0.4, 0.5) is 0 Å². The van der Waals surface area contributed by atoms with Crippen molar-refractivity contribution >= 4 is 24.0 Å². The largest absolute Gasteiger partial charge is 0.328 e. The number of hydrogen-bond acceptors (Lipinski definition) is 1. The second kappa shape index (κ2) is 11.5. The summed E-state index contributed by atoms with van der Waals surface area (Å²) in [6, 6.07) is 0.389. The van der Waals surface area contributed by atoms with Crippen LogP contribution in [0.2, 0.25) is 0 Å². The number of alkyl halides is 1. The summed E-state index contributed by atoms with van der Waals surface area (Å²) in [6.45, 7) is 2.21. The average Bonchev–Trinajstić information content (AvgIpc) is 2.01. The molecule has 1 atom stereocenters. The SMILES string of the molecule is CCCCCC(N)CCCCl.Cl. The van der Waals surface area contributed by atoms with Crippen molar-refractivity contribution in [1.82, 2.24) is 0 Å². The standard InChI is InChI=1S/C9H20ClN.ClH/c1-2-3-4-6-9(11)7-5-8-10;/h9H,2-8,11H2,1H3;1H. The van der Waals surface area contributed by atoms with E-state index in [4.69, 9.17) is 17.3 Å². The third-order valence-corrected chi connectivity index (χ3v) is 2.15. The quantitative estimate of drug-likeness (QED) is 0.510. The zero-order valence-corrected chi connectivity index (χ0v) is 9.46. The second-order valence-electron chi connectivity index (χ2n) is 3.09. The Morgan fingerprint density at radius 3 is 2.25 bits per heavy atom. The van der Waals surface area contributed by atoms with Crippen LogP contribution >= 0.6 is 24.0 Å². The van der Waals surface area contributed by atoms with Crippen LogP contribution in [0.25, 0.3) is 0 Å². The first-order chi connectivity index (χ1) is 5.31. The van der Waals surface area contributed by atoms with Crippen LogP contribution in [-0.2, 0) is 0 Å². The summed E-state index contributed by atoms with van der Waals surface area (Å²) < 4.78 is 0. The minimum Gasteiger partial charge on any atom is -0.328 e. The van der Waals surface area contributed by atoms with Gasteiger partial charge in [-0.2, -0.15) is 0 Å². The zero-order chi connectivity index (χ0) is 8.53. The number of unbranched alkanes of at least 4 members (excludes halogenated alkanes) is 2. The molecule has 0 heterocycles. The monoisotopic (exact) mass is 213 g/mol. The Bertz CT molecular complexity index is 78.9. The van der Waals surface area contributed by atoms with Gasteiger partial charge >= 0.3 is 0 Å². The molecule has 0 amide bonds. The molecule has 0 aliphatic heterocycles. The number of nitrogens with two attached hydrogens (primary N) is 1. The van der Waals surface area contributed by atoms with E-state index in [1.54, 1.807) is 0 Å². The first-order valence-electron chi connectivity index (χ1n) is 4.62. The van der Waals surface area contributed by atoms with Crippen molar-refractivity contribution in [3.05, 3.63) is 0 Å². The molecule has 76 valence electrons. The Morgan fingerprint density at radius 2 is 1.75 bits per heavy atom. The maximum Gasteiger partial charge on any atom is 0.0224 e. The highest BCUT2D eigenvalue weighted by molar-refractivity contribution is 6.17. The third kappa shape index (κ3) is 10.5. The Morgan fingerprint density at radius 1 is 1.17 bits per heavy atom. The van der Waals surface area contributed by atoms with Crippen molar-refractivity contribution in [2.24, 2.45) is 5.73 Å². The number of halogens is 2. The molecule has 1 nitrogen and oxygen atoms in total. The van der Waals surface area contributed by atoms with Crippen LogP contribution in [0.5, 0.6) is 0 Å². The fourth-order valence-electron chi connectivity index (χ4n) is 1.14. The molecule has 0 aromatic carbocycles. The summed E-state index contributed by atoms with van der Waals surface area (Å²) in [5.41, 5.74) is 5.84. The molecule has 2 N–H and O–H groups in total. The molecule has 0 aliphatic carbocycles. The summed E-state index contributed by atoms with van der Waals surface area (Å²) >= 11 is 5.55. The van der Waals surface area contributed by atoms with E-state index in [0.29, 0.717) is 6.04 Å². The van der Waals surface area contributed by atoms with E-state index in [1.807, 2.05) is 0 Å². The van der Waals surface area contributed by atoms with Crippen LogP contribution < -0.4 is 5.73 Å². The Hall–Kier alpha value is 0.540. The second-order valence-corrected chi connectivity index (χ2v) is 3.47. The van der Waals surface area contributed by atoms with E-state index < -0.39 is 0 Å². The van der Waals surface area contributed by atoms with E-state index in [9.17, 15) is 0 Å². The van der Waals surface area contributed by atoms with Crippen molar-refractivity contribution in [3.8, 4) is 0 Å². The lowest BCUT2D eigenvalue weighted by Crippen LogP contribution is -2.19. The Kier molecular flexibility index (Phi) is 14.5. The molecule has 3 heteroatoms. The van der Waals surface area contributed by atoms with Gasteiger partial charge in [0, 0.05) is 11.9 Å². The minimum absolute atomic E-state index is 0. The molecule has 0 aromatic heterocycles. The number of rotatable bonds is 7. The van der Waals surface area contributed by atoms with Gasteiger partial charge in [-0.05, 0) is 19.3 Å². The average molecular weight is 214 g/mol. The lowest BCUT2D eigenvalue weighted by Gasteiger charge is -2.08. The molecule has 0 bridgehead atoms. The Labute approximate surface area is 87.5 Å². The summed E-state index contributed by atoms with van der Waals surface area (Å²) in [5.74, 6) is 0.751. The first kappa shape index (κ1) is 15.0. The van der Waals surface area contributed by atoms with Gasteiger partial charge in [-0.25, -0.2) is 0 Å². The topological polar surface area (TPSA) is 26.0 Å². The van der Waals surface area contributed by atoms with Gasteiger partial charge in [0.15, 0.2) is 0 Å². The van der Waals surface area contributed by atoms with Gasteiger partial charge in [0.2, 0.25) is 0 Å². The van der Waals surface area contributed by atoms with Crippen LogP contribution in [0, 0.1) is 0 Å². The summed E-state index contributed by atoms with van der Waals surface area (Å²) in [5, 5.41) is 0. The molecular weight excluding hydrogens is 193 g/mol. The van der Waals surface area contributed by atoms with Gasteiger partial charge in [0.1, 0.15) is 0 Å². The highest BCUT2D eigenvalue weighted by Crippen LogP contribution is 2.06. The molecule has 0 spiro atoms. The van der Waals surface area contributed by atoms with Crippen LogP contribution in [0.15, 0.2) is 0 Å². The molecule has 0 aliphatic rings.